The normalized spacial score (nSPS) is 16.7. The minimum atomic E-state index is -0.233. The van der Waals surface area contributed by atoms with Crippen LogP contribution in [0.3, 0.4) is 0 Å². The third-order valence-corrected chi connectivity index (χ3v) is 8.51. The van der Waals surface area contributed by atoms with E-state index in [1.807, 2.05) is 13.9 Å². The van der Waals surface area contributed by atoms with E-state index >= 15 is 0 Å². The molecule has 1 N–H and O–H groups in total. The fourth-order valence-electron chi connectivity index (χ4n) is 6.14. The smallest absolute Gasteiger partial charge is 0.147 e. The first-order chi connectivity index (χ1) is 20.9. The SMILES string of the molecule is C=C(C)CC(CCCCC1CCC(CCc2ccc3cc(CCCCF)ccc3c2)CC1)COC.C=C(C=O)CO.C=O. The van der Waals surface area contributed by atoms with Gasteiger partial charge in [0.1, 0.15) is 13.1 Å². The summed E-state index contributed by atoms with van der Waals surface area (Å²) in [6.45, 7) is 11.8. The molecule has 1 aliphatic carbocycles. The molecule has 43 heavy (non-hydrogen) atoms. The van der Waals surface area contributed by atoms with Gasteiger partial charge in [0.05, 0.1) is 13.3 Å². The molecule has 5 heteroatoms. The average molecular weight is 597 g/mol. The van der Waals surface area contributed by atoms with Gasteiger partial charge in [-0.2, -0.15) is 0 Å². The number of aryl methyl sites for hydroxylation is 2. The molecule has 0 heterocycles. The topological polar surface area (TPSA) is 63.6 Å². The lowest BCUT2D eigenvalue weighted by Crippen LogP contribution is -2.15. The largest absolute Gasteiger partial charge is 0.392 e. The lowest BCUT2D eigenvalue weighted by molar-refractivity contribution is -0.105. The van der Waals surface area contributed by atoms with Crippen molar-refractivity contribution < 1.29 is 23.8 Å². The van der Waals surface area contributed by atoms with Crippen LogP contribution in [0.5, 0.6) is 0 Å². The number of methoxy groups -OCH3 is 1. The van der Waals surface area contributed by atoms with Gasteiger partial charge < -0.3 is 14.6 Å². The Morgan fingerprint density at radius 3 is 2.00 bits per heavy atom. The van der Waals surface area contributed by atoms with Gasteiger partial charge in [0.15, 0.2) is 0 Å². The number of aliphatic hydroxyl groups is 1. The first-order valence-electron chi connectivity index (χ1n) is 16.1. The summed E-state index contributed by atoms with van der Waals surface area (Å²) in [5.74, 6) is 2.51. The zero-order chi connectivity index (χ0) is 31.9. The summed E-state index contributed by atoms with van der Waals surface area (Å²) in [7, 11) is 1.82. The molecule has 0 radical (unpaired) electrons. The van der Waals surface area contributed by atoms with Crippen molar-refractivity contribution in [2.24, 2.45) is 17.8 Å². The summed E-state index contributed by atoms with van der Waals surface area (Å²) in [5.41, 5.74) is 4.31. The molecule has 1 aliphatic rings. The maximum atomic E-state index is 12.4. The third kappa shape index (κ3) is 16.7. The zero-order valence-corrected chi connectivity index (χ0v) is 27.0. The Bertz CT molecular complexity index is 1060. The molecule has 0 bridgehead atoms. The number of hydrogen-bond acceptors (Lipinski definition) is 4. The number of rotatable bonds is 18. The number of alkyl halides is 1. The van der Waals surface area contributed by atoms with Crippen LogP contribution in [0.1, 0.15) is 95.1 Å². The highest BCUT2D eigenvalue weighted by atomic mass is 19.1. The molecule has 0 amide bonds. The fourth-order valence-corrected chi connectivity index (χ4v) is 6.14. The van der Waals surface area contributed by atoms with Crippen LogP contribution in [-0.4, -0.2) is 45.2 Å². The third-order valence-electron chi connectivity index (χ3n) is 8.51. The first kappa shape index (κ1) is 38.4. The fraction of sp³-hybridized carbons (Fsp3) is 0.579. The van der Waals surface area contributed by atoms with Gasteiger partial charge in [-0.3, -0.25) is 9.18 Å². The van der Waals surface area contributed by atoms with Gasteiger partial charge >= 0.3 is 0 Å². The van der Waals surface area contributed by atoms with Gasteiger partial charge in [-0.1, -0.05) is 93.5 Å². The molecule has 0 aromatic heterocycles. The van der Waals surface area contributed by atoms with E-state index in [2.05, 4.69) is 56.5 Å². The van der Waals surface area contributed by atoms with Gasteiger partial charge in [-0.25, -0.2) is 0 Å². The van der Waals surface area contributed by atoms with Crippen LogP contribution in [0.2, 0.25) is 0 Å². The highest BCUT2D eigenvalue weighted by molar-refractivity contribution is 5.83. The van der Waals surface area contributed by atoms with Crippen molar-refractivity contribution in [3.8, 4) is 0 Å². The monoisotopic (exact) mass is 596 g/mol. The summed E-state index contributed by atoms with van der Waals surface area (Å²) in [6.07, 6.45) is 17.9. The molecule has 1 atom stereocenters. The van der Waals surface area contributed by atoms with Crippen molar-refractivity contribution in [1.82, 2.24) is 0 Å². The van der Waals surface area contributed by atoms with E-state index in [4.69, 9.17) is 14.6 Å². The molecule has 1 fully saturated rings. The Labute approximate surface area is 260 Å². The summed E-state index contributed by atoms with van der Waals surface area (Å²) in [4.78, 5) is 17.5. The maximum Gasteiger partial charge on any atom is 0.147 e. The van der Waals surface area contributed by atoms with Crippen LogP contribution in [-0.2, 0) is 27.2 Å². The number of carbonyl (C=O) groups excluding carboxylic acids is 2. The molecular weight excluding hydrogens is 539 g/mol. The number of benzene rings is 2. The van der Waals surface area contributed by atoms with Crippen molar-refractivity contribution in [1.29, 1.82) is 0 Å². The molecule has 2 aromatic rings. The number of aldehydes is 1. The average Bonchev–Trinajstić information content (AvgIpc) is 3.03. The molecule has 0 spiro atoms. The predicted molar refractivity (Wildman–Crippen MR) is 179 cm³/mol. The molecule has 1 saturated carbocycles. The van der Waals surface area contributed by atoms with Crippen LogP contribution >= 0.6 is 0 Å². The number of carbonyl (C=O) groups is 2. The standard InChI is InChI=1S/C33H49FO.C4H6O2.CH2O/c1-26(2)22-31(25-35-3)10-5-4-8-27-11-13-28(14-12-27)15-16-30-18-20-32-23-29(9-6-7-21-34)17-19-33(32)24-30;1-4(2-5)3-6;1-2/h17-20,23-24,27-28,31H,1,4-16,21-22,25H2,2-3H3;2,6H,1,3H2;1H2. The Morgan fingerprint density at radius 2 is 1.51 bits per heavy atom. The number of hydrogen-bond donors (Lipinski definition) is 1. The summed E-state index contributed by atoms with van der Waals surface area (Å²) >= 11 is 0. The van der Waals surface area contributed by atoms with Crippen LogP contribution in [0.4, 0.5) is 4.39 Å². The second kappa shape index (κ2) is 23.8. The van der Waals surface area contributed by atoms with Gasteiger partial charge in [-0.05, 0) is 91.5 Å². The van der Waals surface area contributed by atoms with Crippen molar-refractivity contribution in [3.05, 3.63) is 71.8 Å². The summed E-state index contributed by atoms with van der Waals surface area (Å²) in [6, 6.07) is 13.8. The first-order valence-corrected chi connectivity index (χ1v) is 16.1. The highest BCUT2D eigenvalue weighted by Gasteiger charge is 2.21. The van der Waals surface area contributed by atoms with Crippen LogP contribution in [0.25, 0.3) is 10.8 Å². The molecule has 4 nitrogen and oxygen atoms in total. The Kier molecular flexibility index (Phi) is 21.2. The molecule has 3 rings (SSSR count). The van der Waals surface area contributed by atoms with Crippen LogP contribution in [0.15, 0.2) is 60.7 Å². The van der Waals surface area contributed by atoms with Crippen LogP contribution in [0, 0.1) is 17.8 Å². The number of aliphatic hydroxyl groups excluding tert-OH is 1. The number of ether oxygens (including phenoxy) is 1. The van der Waals surface area contributed by atoms with E-state index in [-0.39, 0.29) is 18.9 Å². The molecule has 240 valence electrons. The summed E-state index contributed by atoms with van der Waals surface area (Å²) < 4.78 is 17.8. The van der Waals surface area contributed by atoms with Crippen molar-refractivity contribution >= 4 is 23.8 Å². The van der Waals surface area contributed by atoms with Crippen molar-refractivity contribution in [2.75, 3.05) is 27.0 Å². The van der Waals surface area contributed by atoms with Crippen molar-refractivity contribution in [2.45, 2.75) is 96.8 Å². The minimum absolute atomic E-state index is 0.204. The lowest BCUT2D eigenvalue weighted by Gasteiger charge is -2.28. The molecule has 0 aliphatic heterocycles. The number of allylic oxidation sites excluding steroid dienone is 1. The molecule has 1 unspecified atom stereocenters. The van der Waals surface area contributed by atoms with E-state index < -0.39 is 0 Å². The van der Waals surface area contributed by atoms with Gasteiger partial charge in [0, 0.05) is 19.3 Å². The summed E-state index contributed by atoms with van der Waals surface area (Å²) in [5, 5.41) is 10.7. The van der Waals surface area contributed by atoms with Crippen LogP contribution < -0.4 is 0 Å². The van der Waals surface area contributed by atoms with Gasteiger partial charge in [0.25, 0.3) is 0 Å². The quantitative estimate of drug-likeness (QED) is 0.0806. The second-order valence-electron chi connectivity index (χ2n) is 12.3. The van der Waals surface area contributed by atoms with E-state index in [9.17, 15) is 9.18 Å². The molecular formula is C38H57FO4. The maximum absolute atomic E-state index is 12.4. The van der Waals surface area contributed by atoms with Gasteiger partial charge in [0.2, 0.25) is 0 Å². The number of halogens is 1. The lowest BCUT2D eigenvalue weighted by atomic mass is 9.77. The second-order valence-corrected chi connectivity index (χ2v) is 12.3. The molecule has 2 aromatic carbocycles. The van der Waals surface area contributed by atoms with E-state index in [1.165, 1.54) is 91.7 Å². The number of fused-ring (bicyclic) bond motifs is 1. The van der Waals surface area contributed by atoms with E-state index in [0.29, 0.717) is 18.6 Å². The Morgan fingerprint density at radius 1 is 0.930 bits per heavy atom. The van der Waals surface area contributed by atoms with E-state index in [1.54, 1.807) is 0 Å². The highest BCUT2D eigenvalue weighted by Crippen LogP contribution is 2.35. The minimum Gasteiger partial charge on any atom is -0.392 e. The number of unbranched alkanes of at least 4 members (excludes halogenated alkanes) is 2. The predicted octanol–water partition coefficient (Wildman–Crippen LogP) is 9.21. The van der Waals surface area contributed by atoms with Gasteiger partial charge in [-0.15, -0.1) is 6.58 Å². The zero-order valence-electron chi connectivity index (χ0n) is 27.0. The Hall–Kier alpha value is -2.63. The Balaban J connectivity index is 0.00000103. The van der Waals surface area contributed by atoms with E-state index in [0.717, 1.165) is 37.7 Å². The molecule has 0 saturated heterocycles. The van der Waals surface area contributed by atoms with Crippen molar-refractivity contribution in [3.63, 3.8) is 0 Å².